The van der Waals surface area contributed by atoms with Gasteiger partial charge in [-0.25, -0.2) is 0 Å². The Hall–Kier alpha value is -1.10. The summed E-state index contributed by atoms with van der Waals surface area (Å²) in [7, 11) is 0. The SMILES string of the molecule is CCCCCCCCCCOC(=O)C1C(C(=O)OCCCCCCCCCC)[C@H]2CC[C@H]1O2. The molecule has 0 amide bonds. The Balaban J connectivity index is 1.59. The lowest BCUT2D eigenvalue weighted by Crippen LogP contribution is -2.40. The summed E-state index contributed by atoms with van der Waals surface area (Å²) in [4.78, 5) is 25.5. The average molecular weight is 467 g/mol. The summed E-state index contributed by atoms with van der Waals surface area (Å²) >= 11 is 0. The zero-order valence-electron chi connectivity index (χ0n) is 21.5. The Labute approximate surface area is 202 Å². The molecule has 2 aliphatic heterocycles. The van der Waals surface area contributed by atoms with E-state index in [1.807, 2.05) is 0 Å². The van der Waals surface area contributed by atoms with E-state index in [0.29, 0.717) is 13.2 Å². The zero-order chi connectivity index (χ0) is 23.7. The maximum Gasteiger partial charge on any atom is 0.312 e. The van der Waals surface area contributed by atoms with Crippen molar-refractivity contribution in [3.05, 3.63) is 0 Å². The van der Waals surface area contributed by atoms with Gasteiger partial charge in [-0.15, -0.1) is 0 Å². The van der Waals surface area contributed by atoms with Gasteiger partial charge in [-0.05, 0) is 25.7 Å². The van der Waals surface area contributed by atoms with Crippen molar-refractivity contribution in [2.24, 2.45) is 11.8 Å². The van der Waals surface area contributed by atoms with Crippen LogP contribution in [-0.4, -0.2) is 37.4 Å². The van der Waals surface area contributed by atoms with Gasteiger partial charge < -0.3 is 14.2 Å². The summed E-state index contributed by atoms with van der Waals surface area (Å²) in [6.07, 6.45) is 20.7. The minimum Gasteiger partial charge on any atom is -0.465 e. The van der Waals surface area contributed by atoms with Gasteiger partial charge in [0, 0.05) is 0 Å². The van der Waals surface area contributed by atoms with Crippen LogP contribution in [0, 0.1) is 11.8 Å². The summed E-state index contributed by atoms with van der Waals surface area (Å²) in [5, 5.41) is 0. The molecule has 2 unspecified atom stereocenters. The Kier molecular flexibility index (Phi) is 14.8. The molecule has 2 bridgehead atoms. The number of hydrogen-bond acceptors (Lipinski definition) is 5. The second-order valence-electron chi connectivity index (χ2n) is 10.1. The molecule has 33 heavy (non-hydrogen) atoms. The number of carbonyl (C=O) groups excluding carboxylic acids is 2. The number of unbranched alkanes of at least 4 members (excludes halogenated alkanes) is 14. The lowest BCUT2D eigenvalue weighted by molar-refractivity contribution is -0.161. The van der Waals surface area contributed by atoms with Gasteiger partial charge in [0.2, 0.25) is 0 Å². The normalized spacial score (nSPS) is 23.7. The van der Waals surface area contributed by atoms with E-state index in [1.165, 1.54) is 77.0 Å². The molecule has 5 nitrogen and oxygen atoms in total. The summed E-state index contributed by atoms with van der Waals surface area (Å²) in [5.41, 5.74) is 0. The van der Waals surface area contributed by atoms with Gasteiger partial charge in [0.25, 0.3) is 0 Å². The van der Waals surface area contributed by atoms with Crippen LogP contribution >= 0.6 is 0 Å². The summed E-state index contributed by atoms with van der Waals surface area (Å²) in [6.45, 7) is 5.36. The van der Waals surface area contributed by atoms with Gasteiger partial charge >= 0.3 is 11.9 Å². The van der Waals surface area contributed by atoms with Crippen LogP contribution in [0.2, 0.25) is 0 Å². The molecule has 2 heterocycles. The minimum absolute atomic E-state index is 0.179. The average Bonchev–Trinajstić information content (AvgIpc) is 3.43. The standard InChI is InChI=1S/C28H50O5/c1-3-5-7-9-11-13-15-17-21-31-27(29)25-23-19-20-24(33-23)26(25)28(30)32-22-18-16-14-12-10-8-6-4-2/h23-26H,3-22H2,1-2H3/t23-,24-,25?,26?/m1/s1. The van der Waals surface area contributed by atoms with Crippen molar-refractivity contribution in [2.45, 2.75) is 142 Å². The van der Waals surface area contributed by atoms with Crippen molar-refractivity contribution in [1.82, 2.24) is 0 Å². The number of rotatable bonds is 20. The van der Waals surface area contributed by atoms with E-state index < -0.39 is 11.8 Å². The molecule has 0 aliphatic carbocycles. The molecule has 4 atom stereocenters. The van der Waals surface area contributed by atoms with Gasteiger partial charge in [0.1, 0.15) is 0 Å². The maximum atomic E-state index is 12.8. The molecule has 0 N–H and O–H groups in total. The molecule has 2 rings (SSSR count). The Morgan fingerprint density at radius 3 is 1.27 bits per heavy atom. The van der Waals surface area contributed by atoms with Gasteiger partial charge in [0.15, 0.2) is 0 Å². The minimum atomic E-state index is -0.483. The van der Waals surface area contributed by atoms with E-state index in [2.05, 4.69) is 13.8 Å². The second-order valence-corrected chi connectivity index (χ2v) is 10.1. The molecule has 0 aromatic carbocycles. The highest BCUT2D eigenvalue weighted by Gasteiger charge is 2.56. The first-order chi connectivity index (χ1) is 16.2. The number of hydrogen-bond donors (Lipinski definition) is 0. The third-order valence-electron chi connectivity index (χ3n) is 7.30. The van der Waals surface area contributed by atoms with E-state index in [4.69, 9.17) is 14.2 Å². The predicted molar refractivity (Wildman–Crippen MR) is 132 cm³/mol. The molecule has 0 spiro atoms. The smallest absolute Gasteiger partial charge is 0.312 e. The molecule has 2 saturated heterocycles. The van der Waals surface area contributed by atoms with Crippen molar-refractivity contribution >= 4 is 11.9 Å². The van der Waals surface area contributed by atoms with Crippen LogP contribution in [0.4, 0.5) is 0 Å². The van der Waals surface area contributed by atoms with Crippen molar-refractivity contribution in [3.63, 3.8) is 0 Å². The Morgan fingerprint density at radius 1 is 0.576 bits per heavy atom. The van der Waals surface area contributed by atoms with Crippen LogP contribution in [-0.2, 0) is 23.8 Å². The molecule has 5 heteroatoms. The van der Waals surface area contributed by atoms with Crippen LogP contribution in [0.25, 0.3) is 0 Å². The molecule has 0 aromatic heterocycles. The van der Waals surface area contributed by atoms with Gasteiger partial charge in [0.05, 0.1) is 37.3 Å². The first-order valence-electron chi connectivity index (χ1n) is 14.2. The highest BCUT2D eigenvalue weighted by atomic mass is 16.6. The van der Waals surface area contributed by atoms with E-state index in [-0.39, 0.29) is 24.1 Å². The molecule has 2 aliphatic rings. The maximum absolute atomic E-state index is 12.8. The van der Waals surface area contributed by atoms with Crippen LogP contribution in [0.1, 0.15) is 129 Å². The Morgan fingerprint density at radius 2 is 0.909 bits per heavy atom. The first kappa shape index (κ1) is 28.1. The van der Waals surface area contributed by atoms with Crippen LogP contribution in [0.5, 0.6) is 0 Å². The highest BCUT2D eigenvalue weighted by Crippen LogP contribution is 2.44. The third kappa shape index (κ3) is 10.4. The van der Waals surface area contributed by atoms with E-state index >= 15 is 0 Å². The summed E-state index contributed by atoms with van der Waals surface area (Å²) in [5.74, 6) is -1.49. The molecule has 2 fully saturated rings. The predicted octanol–water partition coefficient (Wildman–Crippen LogP) is 7.15. The highest BCUT2D eigenvalue weighted by molar-refractivity contribution is 5.84. The Bertz CT molecular complexity index is 488. The van der Waals surface area contributed by atoms with Crippen molar-refractivity contribution in [3.8, 4) is 0 Å². The lowest BCUT2D eigenvalue weighted by atomic mass is 9.79. The van der Waals surface area contributed by atoms with Gasteiger partial charge in [-0.2, -0.15) is 0 Å². The molecule has 0 saturated carbocycles. The quantitative estimate of drug-likeness (QED) is 0.141. The molecular formula is C28H50O5. The third-order valence-corrected chi connectivity index (χ3v) is 7.30. The molecular weight excluding hydrogens is 416 g/mol. The van der Waals surface area contributed by atoms with Crippen LogP contribution < -0.4 is 0 Å². The van der Waals surface area contributed by atoms with Crippen molar-refractivity contribution in [2.75, 3.05) is 13.2 Å². The van der Waals surface area contributed by atoms with Gasteiger partial charge in [-0.3, -0.25) is 9.59 Å². The summed E-state index contributed by atoms with van der Waals surface area (Å²) in [6, 6.07) is 0. The summed E-state index contributed by atoms with van der Waals surface area (Å²) < 4.78 is 17.1. The van der Waals surface area contributed by atoms with Crippen molar-refractivity contribution in [1.29, 1.82) is 0 Å². The van der Waals surface area contributed by atoms with Gasteiger partial charge in [-0.1, -0.05) is 104 Å². The molecule has 0 aromatic rings. The monoisotopic (exact) mass is 466 g/mol. The molecule has 0 radical (unpaired) electrons. The fourth-order valence-corrected chi connectivity index (χ4v) is 5.29. The van der Waals surface area contributed by atoms with Crippen LogP contribution in [0.3, 0.4) is 0 Å². The topological polar surface area (TPSA) is 61.8 Å². The second kappa shape index (κ2) is 17.4. The van der Waals surface area contributed by atoms with Crippen molar-refractivity contribution < 1.29 is 23.8 Å². The largest absolute Gasteiger partial charge is 0.465 e. The fraction of sp³-hybridized carbons (Fsp3) is 0.929. The zero-order valence-corrected chi connectivity index (χ0v) is 21.5. The number of ether oxygens (including phenoxy) is 3. The number of carbonyl (C=O) groups is 2. The number of esters is 2. The first-order valence-corrected chi connectivity index (χ1v) is 14.2. The lowest BCUT2D eigenvalue weighted by Gasteiger charge is -2.25. The molecule has 192 valence electrons. The van der Waals surface area contributed by atoms with E-state index in [1.54, 1.807) is 0 Å². The van der Waals surface area contributed by atoms with Crippen LogP contribution in [0.15, 0.2) is 0 Å². The number of fused-ring (bicyclic) bond motifs is 2. The fourth-order valence-electron chi connectivity index (χ4n) is 5.29. The van der Waals surface area contributed by atoms with E-state index in [9.17, 15) is 9.59 Å². The van der Waals surface area contributed by atoms with E-state index in [0.717, 1.165) is 38.5 Å².